The molecule has 0 bridgehead atoms. The number of aromatic hydroxyl groups is 1. The molecular weight excluding hydrogens is 397 g/mol. The number of phenolic OH excluding ortho intramolecular Hbond substituents is 1. The molecule has 30 heavy (non-hydrogen) atoms. The van der Waals surface area contributed by atoms with Crippen LogP contribution in [0.2, 0.25) is 0 Å². The number of nitrogens with one attached hydrogen (secondary N) is 1. The van der Waals surface area contributed by atoms with Crippen molar-refractivity contribution in [3.8, 4) is 11.9 Å². The van der Waals surface area contributed by atoms with E-state index in [-0.39, 0.29) is 17.9 Å². The Morgan fingerprint density at radius 3 is 2.53 bits per heavy atom. The monoisotopic (exact) mass is 418 g/mol. The predicted octanol–water partition coefficient (Wildman–Crippen LogP) is 3.75. The molecule has 1 heterocycles. The number of halogens is 3. The highest BCUT2D eigenvalue weighted by molar-refractivity contribution is 5.85. The highest BCUT2D eigenvalue weighted by Crippen LogP contribution is 2.31. The summed E-state index contributed by atoms with van der Waals surface area (Å²) in [5, 5.41) is 24.3. The number of alkyl halides is 3. The summed E-state index contributed by atoms with van der Waals surface area (Å²) < 4.78 is 39.2. The van der Waals surface area contributed by atoms with Crippen LogP contribution in [0, 0.1) is 11.5 Å². The molecule has 1 aliphatic heterocycles. The molecule has 2 aromatic rings. The van der Waals surface area contributed by atoms with E-state index in [1.165, 1.54) is 34.3 Å². The summed E-state index contributed by atoms with van der Waals surface area (Å²) in [5.74, 6) is -0.333. The predicted molar refractivity (Wildman–Crippen MR) is 104 cm³/mol. The number of rotatable bonds is 5. The molecule has 1 atom stereocenters. The van der Waals surface area contributed by atoms with Gasteiger partial charge in [0.1, 0.15) is 11.8 Å². The summed E-state index contributed by atoms with van der Waals surface area (Å²) in [6, 6.07) is 9.99. The molecule has 3 rings (SSSR count). The fourth-order valence-electron chi connectivity index (χ4n) is 3.33. The molecule has 0 saturated carbocycles. The Bertz CT molecular complexity index is 925. The van der Waals surface area contributed by atoms with E-state index in [1.54, 1.807) is 12.1 Å². The van der Waals surface area contributed by atoms with Crippen LogP contribution in [0.4, 0.5) is 18.9 Å². The maximum absolute atomic E-state index is 13.2. The van der Waals surface area contributed by atoms with Gasteiger partial charge in [-0.25, -0.2) is 10.0 Å². The van der Waals surface area contributed by atoms with Gasteiger partial charge in [0.2, 0.25) is 0 Å². The van der Waals surface area contributed by atoms with Crippen molar-refractivity contribution in [3.63, 3.8) is 0 Å². The van der Waals surface area contributed by atoms with Crippen molar-refractivity contribution in [1.82, 2.24) is 10.0 Å². The first-order valence-electron chi connectivity index (χ1n) is 9.48. The lowest BCUT2D eigenvalue weighted by Gasteiger charge is -2.37. The number of hydrogen-bond acceptors (Lipinski definition) is 5. The minimum atomic E-state index is -4.50. The van der Waals surface area contributed by atoms with Crippen molar-refractivity contribution < 1.29 is 23.1 Å². The summed E-state index contributed by atoms with van der Waals surface area (Å²) in [7, 11) is 0. The molecule has 9 heteroatoms. The van der Waals surface area contributed by atoms with E-state index in [9.17, 15) is 28.3 Å². The van der Waals surface area contributed by atoms with Crippen LogP contribution in [-0.4, -0.2) is 40.2 Å². The van der Waals surface area contributed by atoms with Crippen molar-refractivity contribution in [2.24, 2.45) is 0 Å². The lowest BCUT2D eigenvalue weighted by Crippen LogP contribution is -2.53. The average Bonchev–Trinajstić information content (AvgIpc) is 2.74. The molecule has 1 saturated heterocycles. The van der Waals surface area contributed by atoms with Crippen LogP contribution in [-0.2, 0) is 17.4 Å². The van der Waals surface area contributed by atoms with Gasteiger partial charge in [0, 0.05) is 18.7 Å². The molecule has 158 valence electrons. The fourth-order valence-corrected chi connectivity index (χ4v) is 3.33. The summed E-state index contributed by atoms with van der Waals surface area (Å²) in [5.41, 5.74) is 0.0496. The van der Waals surface area contributed by atoms with E-state index in [2.05, 4.69) is 5.32 Å². The van der Waals surface area contributed by atoms with Crippen LogP contribution < -0.4 is 5.32 Å². The third kappa shape index (κ3) is 5.14. The van der Waals surface area contributed by atoms with Crippen LogP contribution in [0.15, 0.2) is 48.5 Å². The Morgan fingerprint density at radius 2 is 1.87 bits per heavy atom. The Balaban J connectivity index is 1.88. The fraction of sp³-hybridized carbons (Fsp3) is 0.333. The Kier molecular flexibility index (Phi) is 6.35. The molecule has 0 spiro atoms. The van der Waals surface area contributed by atoms with E-state index in [4.69, 9.17) is 0 Å². The Morgan fingerprint density at radius 1 is 1.17 bits per heavy atom. The first-order chi connectivity index (χ1) is 14.3. The van der Waals surface area contributed by atoms with Gasteiger partial charge in [-0.1, -0.05) is 18.2 Å². The molecule has 2 aromatic carbocycles. The number of amides is 1. The second kappa shape index (κ2) is 8.95. The zero-order valence-electron chi connectivity index (χ0n) is 16.1. The lowest BCUT2D eigenvalue weighted by atomic mass is 10.0. The largest absolute Gasteiger partial charge is 0.508 e. The Labute approximate surface area is 172 Å². The van der Waals surface area contributed by atoms with Crippen LogP contribution in [0.3, 0.4) is 0 Å². The number of nitriles is 1. The zero-order chi connectivity index (χ0) is 21.7. The summed E-state index contributed by atoms with van der Waals surface area (Å²) in [6.45, 7) is 0.778. The van der Waals surface area contributed by atoms with Gasteiger partial charge >= 0.3 is 6.18 Å². The van der Waals surface area contributed by atoms with Gasteiger partial charge in [-0.2, -0.15) is 18.4 Å². The van der Waals surface area contributed by atoms with Crippen molar-refractivity contribution >= 4 is 11.6 Å². The summed E-state index contributed by atoms with van der Waals surface area (Å²) in [4.78, 5) is 13.2. The lowest BCUT2D eigenvalue weighted by molar-refractivity contribution is -0.147. The number of hydrogen-bond donors (Lipinski definition) is 2. The number of hydrazine groups is 1. The molecule has 2 N–H and O–H groups in total. The van der Waals surface area contributed by atoms with Crippen molar-refractivity contribution in [2.75, 3.05) is 18.4 Å². The molecule has 0 aromatic heterocycles. The molecule has 0 aliphatic carbocycles. The molecule has 1 fully saturated rings. The van der Waals surface area contributed by atoms with Gasteiger partial charge in [-0.15, -0.1) is 0 Å². The number of carbonyl (C=O) groups excluding carboxylic acids is 1. The zero-order valence-corrected chi connectivity index (χ0v) is 16.1. The minimum absolute atomic E-state index is 0.0687. The van der Waals surface area contributed by atoms with Gasteiger partial charge in [-0.3, -0.25) is 4.79 Å². The average molecular weight is 418 g/mol. The van der Waals surface area contributed by atoms with Gasteiger partial charge < -0.3 is 10.4 Å². The number of phenols is 1. The van der Waals surface area contributed by atoms with E-state index in [0.717, 1.165) is 25.0 Å². The first kappa shape index (κ1) is 21.3. The van der Waals surface area contributed by atoms with Gasteiger partial charge in [0.15, 0.2) is 6.19 Å². The van der Waals surface area contributed by atoms with Crippen molar-refractivity contribution in [2.45, 2.75) is 31.5 Å². The van der Waals surface area contributed by atoms with Gasteiger partial charge in [-0.05, 0) is 48.7 Å². The normalized spacial score (nSPS) is 15.4. The molecular formula is C21H21F3N4O2. The molecule has 1 unspecified atom stereocenters. The molecule has 1 amide bonds. The summed E-state index contributed by atoms with van der Waals surface area (Å²) in [6.07, 6.45) is -0.832. The standard InChI is InChI=1S/C21H21F3N4O2/c22-21(23,24)16-4-3-5-17(13-16)26-19(12-15-6-8-18(29)9-7-15)20(30)28-11-2-1-10-27(28)14-25/h3-9,13,19,26,29H,1-2,10-12H2. The van der Waals surface area contributed by atoms with E-state index in [0.29, 0.717) is 18.7 Å². The number of carbonyl (C=O) groups is 1. The number of nitrogens with zero attached hydrogens (tertiary/aromatic N) is 3. The quantitative estimate of drug-likeness (QED) is 0.723. The van der Waals surface area contributed by atoms with Crippen LogP contribution in [0.1, 0.15) is 24.0 Å². The SMILES string of the molecule is N#CN1CCCCN1C(=O)C(Cc1ccc(O)cc1)Nc1cccc(C(F)(F)F)c1. The number of anilines is 1. The topological polar surface area (TPSA) is 79.6 Å². The second-order valence-corrected chi connectivity index (χ2v) is 7.04. The maximum atomic E-state index is 13.2. The summed E-state index contributed by atoms with van der Waals surface area (Å²) >= 11 is 0. The van der Waals surface area contributed by atoms with Gasteiger partial charge in [0.25, 0.3) is 5.91 Å². The maximum Gasteiger partial charge on any atom is 0.416 e. The van der Waals surface area contributed by atoms with E-state index >= 15 is 0 Å². The van der Waals surface area contributed by atoms with Gasteiger partial charge in [0.05, 0.1) is 12.1 Å². The third-order valence-electron chi connectivity index (χ3n) is 4.86. The van der Waals surface area contributed by atoms with Crippen LogP contribution in [0.25, 0.3) is 0 Å². The molecule has 6 nitrogen and oxygen atoms in total. The molecule has 1 aliphatic rings. The van der Waals surface area contributed by atoms with Crippen molar-refractivity contribution in [3.05, 3.63) is 59.7 Å². The molecule has 0 radical (unpaired) electrons. The second-order valence-electron chi connectivity index (χ2n) is 7.04. The van der Waals surface area contributed by atoms with Crippen LogP contribution in [0.5, 0.6) is 5.75 Å². The van der Waals surface area contributed by atoms with Crippen LogP contribution >= 0.6 is 0 Å². The highest BCUT2D eigenvalue weighted by Gasteiger charge is 2.32. The highest BCUT2D eigenvalue weighted by atomic mass is 19.4. The minimum Gasteiger partial charge on any atom is -0.508 e. The Hall–Kier alpha value is -3.41. The third-order valence-corrected chi connectivity index (χ3v) is 4.86. The number of benzene rings is 2. The first-order valence-corrected chi connectivity index (χ1v) is 9.48. The smallest absolute Gasteiger partial charge is 0.416 e. The van der Waals surface area contributed by atoms with E-state index in [1.807, 2.05) is 6.19 Å². The van der Waals surface area contributed by atoms with E-state index < -0.39 is 23.7 Å². The van der Waals surface area contributed by atoms with Crippen molar-refractivity contribution in [1.29, 1.82) is 5.26 Å².